The maximum Gasteiger partial charge on any atom is 0.281 e. The van der Waals surface area contributed by atoms with Crippen LogP contribution in [0.25, 0.3) is 11.3 Å². The van der Waals surface area contributed by atoms with E-state index in [9.17, 15) is 4.79 Å². The van der Waals surface area contributed by atoms with E-state index in [1.165, 1.54) is 4.90 Å². The summed E-state index contributed by atoms with van der Waals surface area (Å²) < 4.78 is 16.0. The van der Waals surface area contributed by atoms with Gasteiger partial charge in [0.25, 0.3) is 5.91 Å². The van der Waals surface area contributed by atoms with Crippen LogP contribution in [0.15, 0.2) is 47.0 Å². The maximum absolute atomic E-state index is 12.7. The van der Waals surface area contributed by atoms with Gasteiger partial charge in [0.1, 0.15) is 17.3 Å². The van der Waals surface area contributed by atoms with Crippen LogP contribution in [0, 0.1) is 6.92 Å². The molecule has 2 aromatic heterocycles. The van der Waals surface area contributed by atoms with Crippen LogP contribution in [0.2, 0.25) is 0 Å². The minimum atomic E-state index is -0.319. The predicted octanol–water partition coefficient (Wildman–Crippen LogP) is 3.34. The summed E-state index contributed by atoms with van der Waals surface area (Å²) in [5.74, 6) is 1.87. The molecule has 0 radical (unpaired) electrons. The van der Waals surface area contributed by atoms with Gasteiger partial charge in [-0.2, -0.15) is 0 Å². The lowest BCUT2D eigenvalue weighted by molar-refractivity contribution is 0.0983. The zero-order valence-corrected chi connectivity index (χ0v) is 15.0. The van der Waals surface area contributed by atoms with Gasteiger partial charge in [-0.05, 0) is 37.3 Å². The molecule has 1 aromatic carbocycles. The van der Waals surface area contributed by atoms with Gasteiger partial charge in [0, 0.05) is 18.8 Å². The lowest BCUT2D eigenvalue weighted by atomic mass is 10.1. The second-order valence-corrected chi connectivity index (χ2v) is 5.64. The van der Waals surface area contributed by atoms with Gasteiger partial charge in [-0.25, -0.2) is 4.98 Å². The molecule has 0 aliphatic carbocycles. The Bertz CT molecular complexity index is 936. The second kappa shape index (κ2) is 7.26. The molecule has 0 unspecified atom stereocenters. The second-order valence-electron chi connectivity index (χ2n) is 5.64. The number of pyridine rings is 1. The summed E-state index contributed by atoms with van der Waals surface area (Å²) in [6, 6.07) is 12.4. The Balaban J connectivity index is 1.91. The number of rotatable bonds is 5. The molecule has 0 N–H and O–H groups in total. The monoisotopic (exact) mass is 353 g/mol. The van der Waals surface area contributed by atoms with E-state index in [4.69, 9.17) is 14.0 Å². The molecule has 3 aromatic rings. The average Bonchev–Trinajstić information content (AvgIpc) is 3.16. The lowest BCUT2D eigenvalue weighted by Crippen LogP contribution is -2.27. The first-order chi connectivity index (χ1) is 12.5. The smallest absolute Gasteiger partial charge is 0.281 e. The van der Waals surface area contributed by atoms with Crippen molar-refractivity contribution in [3.8, 4) is 22.8 Å². The summed E-state index contributed by atoms with van der Waals surface area (Å²) in [6.07, 6.45) is 0. The fourth-order valence-corrected chi connectivity index (χ4v) is 2.50. The van der Waals surface area contributed by atoms with Crippen molar-refractivity contribution in [3.63, 3.8) is 0 Å². The lowest BCUT2D eigenvalue weighted by Gasteiger charge is -2.14. The van der Waals surface area contributed by atoms with Crippen LogP contribution >= 0.6 is 0 Å². The number of hydrogen-bond donors (Lipinski definition) is 0. The van der Waals surface area contributed by atoms with Crippen LogP contribution in [0.5, 0.6) is 11.5 Å². The highest BCUT2D eigenvalue weighted by Gasteiger charge is 2.21. The van der Waals surface area contributed by atoms with E-state index < -0.39 is 0 Å². The van der Waals surface area contributed by atoms with Crippen molar-refractivity contribution in [2.75, 3.05) is 26.2 Å². The highest BCUT2D eigenvalue weighted by atomic mass is 16.5. The molecule has 0 fully saturated rings. The van der Waals surface area contributed by atoms with Crippen molar-refractivity contribution < 1.29 is 18.8 Å². The Morgan fingerprint density at radius 3 is 2.62 bits per heavy atom. The van der Waals surface area contributed by atoms with Crippen molar-refractivity contribution in [1.29, 1.82) is 0 Å². The fraction of sp³-hybridized carbons (Fsp3) is 0.211. The van der Waals surface area contributed by atoms with Gasteiger partial charge in [-0.1, -0.05) is 11.2 Å². The number of aryl methyl sites for hydroxylation is 1. The van der Waals surface area contributed by atoms with Crippen molar-refractivity contribution in [2.45, 2.75) is 6.92 Å². The number of hydrogen-bond acceptors (Lipinski definition) is 6. The van der Waals surface area contributed by atoms with Crippen LogP contribution < -0.4 is 14.4 Å². The first-order valence-electron chi connectivity index (χ1n) is 7.94. The van der Waals surface area contributed by atoms with Gasteiger partial charge in [0.05, 0.1) is 19.8 Å². The Morgan fingerprint density at radius 1 is 1.12 bits per heavy atom. The number of anilines is 1. The van der Waals surface area contributed by atoms with E-state index in [1.54, 1.807) is 51.6 Å². The maximum atomic E-state index is 12.7. The van der Waals surface area contributed by atoms with E-state index in [2.05, 4.69) is 10.1 Å². The molecule has 26 heavy (non-hydrogen) atoms. The van der Waals surface area contributed by atoms with E-state index >= 15 is 0 Å². The van der Waals surface area contributed by atoms with E-state index in [0.717, 1.165) is 5.69 Å². The summed E-state index contributed by atoms with van der Waals surface area (Å²) in [4.78, 5) is 18.5. The summed E-state index contributed by atoms with van der Waals surface area (Å²) in [5.41, 5.74) is 1.65. The summed E-state index contributed by atoms with van der Waals surface area (Å²) in [6.45, 7) is 1.87. The third-order valence-electron chi connectivity index (χ3n) is 3.92. The first-order valence-corrected chi connectivity index (χ1v) is 7.94. The standard InChI is InChI=1S/C19H19N3O4/c1-12-6-5-7-18(20-12)22(2)19(23)15-11-17(26-21-15)14-10-13(24-3)8-9-16(14)25-4/h5-11H,1-4H3. The van der Waals surface area contributed by atoms with Crippen molar-refractivity contribution in [1.82, 2.24) is 10.1 Å². The van der Waals surface area contributed by atoms with E-state index in [-0.39, 0.29) is 11.6 Å². The van der Waals surface area contributed by atoms with Crippen LogP contribution in [-0.4, -0.2) is 37.3 Å². The van der Waals surface area contributed by atoms with Crippen molar-refractivity contribution in [2.24, 2.45) is 0 Å². The van der Waals surface area contributed by atoms with Crippen molar-refractivity contribution >= 4 is 11.7 Å². The zero-order valence-electron chi connectivity index (χ0n) is 15.0. The molecule has 0 atom stereocenters. The number of aromatic nitrogens is 2. The SMILES string of the molecule is COc1ccc(OC)c(-c2cc(C(=O)N(C)c3cccc(C)n3)no2)c1. The Kier molecular flexibility index (Phi) is 4.88. The van der Waals surface area contributed by atoms with Crippen LogP contribution in [0.4, 0.5) is 5.82 Å². The molecule has 2 heterocycles. The number of ether oxygens (including phenoxy) is 2. The normalized spacial score (nSPS) is 10.5. The Labute approximate surface area is 151 Å². The molecule has 134 valence electrons. The molecule has 0 aliphatic rings. The Hall–Kier alpha value is -3.35. The van der Waals surface area contributed by atoms with Crippen LogP contribution in [0.1, 0.15) is 16.2 Å². The molecule has 0 saturated carbocycles. The highest BCUT2D eigenvalue weighted by Crippen LogP contribution is 2.34. The number of amides is 1. The van der Waals surface area contributed by atoms with Gasteiger partial charge >= 0.3 is 0 Å². The highest BCUT2D eigenvalue weighted by molar-refractivity contribution is 6.04. The number of carbonyl (C=O) groups is 1. The van der Waals surface area contributed by atoms with Crippen molar-refractivity contribution in [3.05, 3.63) is 53.9 Å². The molecule has 7 heteroatoms. The van der Waals surface area contributed by atoms with E-state index in [0.29, 0.717) is 28.6 Å². The average molecular weight is 353 g/mol. The molecule has 0 saturated heterocycles. The molecule has 7 nitrogen and oxygen atoms in total. The topological polar surface area (TPSA) is 77.7 Å². The molecule has 0 spiro atoms. The molecular formula is C19H19N3O4. The summed E-state index contributed by atoms with van der Waals surface area (Å²) in [7, 11) is 4.78. The third kappa shape index (κ3) is 3.37. The van der Waals surface area contributed by atoms with Crippen LogP contribution in [0.3, 0.4) is 0 Å². The number of methoxy groups -OCH3 is 2. The number of nitrogens with zero attached hydrogens (tertiary/aromatic N) is 3. The predicted molar refractivity (Wildman–Crippen MR) is 96.8 cm³/mol. The van der Waals surface area contributed by atoms with Gasteiger partial charge in [-0.15, -0.1) is 0 Å². The molecule has 0 aliphatic heterocycles. The minimum absolute atomic E-state index is 0.177. The Morgan fingerprint density at radius 2 is 1.92 bits per heavy atom. The molecule has 3 rings (SSSR count). The van der Waals surface area contributed by atoms with E-state index in [1.807, 2.05) is 19.1 Å². The quantitative estimate of drug-likeness (QED) is 0.700. The van der Waals surface area contributed by atoms with Gasteiger partial charge < -0.3 is 14.0 Å². The fourth-order valence-electron chi connectivity index (χ4n) is 2.50. The van der Waals surface area contributed by atoms with Gasteiger partial charge in [-0.3, -0.25) is 9.69 Å². The third-order valence-corrected chi connectivity index (χ3v) is 3.92. The first kappa shape index (κ1) is 17.5. The van der Waals surface area contributed by atoms with Crippen LogP contribution in [-0.2, 0) is 0 Å². The molecule has 1 amide bonds. The summed E-state index contributed by atoms with van der Waals surface area (Å²) >= 11 is 0. The molecule has 0 bridgehead atoms. The number of benzene rings is 1. The summed E-state index contributed by atoms with van der Waals surface area (Å²) in [5, 5.41) is 3.90. The minimum Gasteiger partial charge on any atom is -0.497 e. The zero-order chi connectivity index (χ0) is 18.7. The molecular weight excluding hydrogens is 334 g/mol. The van der Waals surface area contributed by atoms with Gasteiger partial charge in [0.2, 0.25) is 0 Å². The van der Waals surface area contributed by atoms with Gasteiger partial charge in [0.15, 0.2) is 11.5 Å². The largest absolute Gasteiger partial charge is 0.497 e. The number of carbonyl (C=O) groups excluding carboxylic acids is 1.